The summed E-state index contributed by atoms with van der Waals surface area (Å²) in [4.78, 5) is 24.3. The largest absolute Gasteiger partial charge is 0.462 e. The minimum absolute atomic E-state index is 0.143. The average Bonchev–Trinajstić information content (AvgIpc) is 2.49. The summed E-state index contributed by atoms with van der Waals surface area (Å²) in [7, 11) is 0. The number of carbonyl (C=O) groups is 2. The number of rotatable bonds is 7. The first kappa shape index (κ1) is 18.7. The Balaban J connectivity index is 3.28. The van der Waals surface area contributed by atoms with Crippen molar-refractivity contribution in [1.82, 2.24) is 0 Å². The number of esters is 2. The standard InChI is InChI=1S/C17H22FNO4/c1-5-22-16(20)14(17(21)23-6-2)15(11(3)4)19-13-9-7-12(18)8-10-13/h7-11,19H,5-6H2,1-4H3. The number of benzene rings is 1. The number of hydrogen-bond donors (Lipinski definition) is 1. The zero-order valence-electron chi connectivity index (χ0n) is 13.8. The zero-order chi connectivity index (χ0) is 17.4. The lowest BCUT2D eigenvalue weighted by Gasteiger charge is -2.18. The second-order valence-corrected chi connectivity index (χ2v) is 5.02. The highest BCUT2D eigenvalue weighted by molar-refractivity contribution is 6.15. The van der Waals surface area contributed by atoms with Crippen LogP contribution in [-0.4, -0.2) is 25.2 Å². The lowest BCUT2D eigenvalue weighted by molar-refractivity contribution is -0.146. The van der Waals surface area contributed by atoms with Gasteiger partial charge in [0.25, 0.3) is 0 Å². The van der Waals surface area contributed by atoms with Gasteiger partial charge in [-0.15, -0.1) is 0 Å². The molecule has 0 aliphatic heterocycles. The molecule has 0 fully saturated rings. The Hall–Kier alpha value is -2.37. The summed E-state index contributed by atoms with van der Waals surface area (Å²) in [6, 6.07) is 5.61. The van der Waals surface area contributed by atoms with Crippen LogP contribution in [0.1, 0.15) is 27.7 Å². The first-order valence-corrected chi connectivity index (χ1v) is 7.51. The van der Waals surface area contributed by atoms with Gasteiger partial charge in [0.2, 0.25) is 0 Å². The molecule has 0 radical (unpaired) electrons. The van der Waals surface area contributed by atoms with Crippen molar-refractivity contribution in [3.05, 3.63) is 41.4 Å². The second kappa shape index (κ2) is 8.92. The molecule has 0 aliphatic carbocycles. The summed E-state index contributed by atoms with van der Waals surface area (Å²) in [5, 5.41) is 3.00. The van der Waals surface area contributed by atoms with Crippen LogP contribution < -0.4 is 5.32 Å². The van der Waals surface area contributed by atoms with E-state index in [0.717, 1.165) is 0 Å². The number of nitrogens with one attached hydrogen (secondary N) is 1. The molecule has 23 heavy (non-hydrogen) atoms. The van der Waals surface area contributed by atoms with Gasteiger partial charge in [-0.2, -0.15) is 0 Å². The van der Waals surface area contributed by atoms with E-state index in [1.54, 1.807) is 13.8 Å². The predicted molar refractivity (Wildman–Crippen MR) is 85.2 cm³/mol. The van der Waals surface area contributed by atoms with Gasteiger partial charge in [0.15, 0.2) is 5.57 Å². The summed E-state index contributed by atoms with van der Waals surface area (Å²) in [6.45, 7) is 7.24. The smallest absolute Gasteiger partial charge is 0.347 e. The second-order valence-electron chi connectivity index (χ2n) is 5.02. The van der Waals surface area contributed by atoms with Gasteiger partial charge in [-0.05, 0) is 44.0 Å². The fourth-order valence-electron chi connectivity index (χ4n) is 1.89. The monoisotopic (exact) mass is 323 g/mol. The zero-order valence-corrected chi connectivity index (χ0v) is 13.8. The third-order valence-corrected chi connectivity index (χ3v) is 2.93. The summed E-state index contributed by atoms with van der Waals surface area (Å²) in [5.41, 5.74) is 0.753. The lowest BCUT2D eigenvalue weighted by Crippen LogP contribution is -2.25. The summed E-state index contributed by atoms with van der Waals surface area (Å²) < 4.78 is 22.9. The van der Waals surface area contributed by atoms with Gasteiger partial charge in [0, 0.05) is 11.4 Å². The molecule has 0 atom stereocenters. The van der Waals surface area contributed by atoms with Crippen molar-refractivity contribution in [2.24, 2.45) is 5.92 Å². The Morgan fingerprint density at radius 1 is 1.04 bits per heavy atom. The van der Waals surface area contributed by atoms with Crippen molar-refractivity contribution in [2.45, 2.75) is 27.7 Å². The number of hydrogen-bond acceptors (Lipinski definition) is 5. The molecule has 0 spiro atoms. The fourth-order valence-corrected chi connectivity index (χ4v) is 1.89. The van der Waals surface area contributed by atoms with E-state index in [9.17, 15) is 14.0 Å². The van der Waals surface area contributed by atoms with Crippen LogP contribution in [0.15, 0.2) is 35.5 Å². The Morgan fingerprint density at radius 2 is 1.52 bits per heavy atom. The van der Waals surface area contributed by atoms with Crippen molar-refractivity contribution in [3.8, 4) is 0 Å². The van der Waals surface area contributed by atoms with Gasteiger partial charge in [-0.3, -0.25) is 0 Å². The van der Waals surface area contributed by atoms with Crippen molar-refractivity contribution < 1.29 is 23.5 Å². The van der Waals surface area contributed by atoms with E-state index in [1.807, 2.05) is 13.8 Å². The molecule has 0 aromatic heterocycles. The van der Waals surface area contributed by atoms with Crippen molar-refractivity contribution in [2.75, 3.05) is 18.5 Å². The summed E-state index contributed by atoms with van der Waals surface area (Å²) >= 11 is 0. The van der Waals surface area contributed by atoms with E-state index < -0.39 is 11.9 Å². The molecule has 0 saturated carbocycles. The van der Waals surface area contributed by atoms with Crippen LogP contribution in [0.4, 0.5) is 10.1 Å². The molecule has 0 heterocycles. The molecule has 0 bridgehead atoms. The minimum atomic E-state index is -0.746. The highest BCUT2D eigenvalue weighted by Gasteiger charge is 2.27. The number of carbonyl (C=O) groups excluding carboxylic acids is 2. The molecule has 1 rings (SSSR count). The minimum Gasteiger partial charge on any atom is -0.462 e. The van der Waals surface area contributed by atoms with Gasteiger partial charge in [0.1, 0.15) is 5.82 Å². The van der Waals surface area contributed by atoms with Crippen molar-refractivity contribution in [3.63, 3.8) is 0 Å². The first-order valence-electron chi connectivity index (χ1n) is 7.51. The van der Waals surface area contributed by atoms with Crippen LogP contribution in [0.25, 0.3) is 0 Å². The molecule has 0 saturated heterocycles. The highest BCUT2D eigenvalue weighted by Crippen LogP contribution is 2.21. The third kappa shape index (κ3) is 5.39. The van der Waals surface area contributed by atoms with Gasteiger partial charge in [-0.25, -0.2) is 14.0 Å². The number of allylic oxidation sites excluding steroid dienone is 1. The summed E-state index contributed by atoms with van der Waals surface area (Å²) in [6.07, 6.45) is 0. The van der Waals surface area contributed by atoms with Crippen LogP contribution in [0.3, 0.4) is 0 Å². The van der Waals surface area contributed by atoms with E-state index in [-0.39, 0.29) is 30.5 Å². The van der Waals surface area contributed by atoms with E-state index in [1.165, 1.54) is 24.3 Å². The van der Waals surface area contributed by atoms with Gasteiger partial charge in [-0.1, -0.05) is 13.8 Å². The quantitative estimate of drug-likeness (QED) is 0.361. The molecule has 1 N–H and O–H groups in total. The van der Waals surface area contributed by atoms with E-state index in [2.05, 4.69) is 5.32 Å². The molecular weight excluding hydrogens is 301 g/mol. The fraction of sp³-hybridized carbons (Fsp3) is 0.412. The predicted octanol–water partition coefficient (Wildman–Crippen LogP) is 3.27. The van der Waals surface area contributed by atoms with E-state index in [0.29, 0.717) is 11.4 Å². The molecule has 0 amide bonds. The van der Waals surface area contributed by atoms with E-state index in [4.69, 9.17) is 9.47 Å². The number of halogens is 1. The Labute approximate surface area is 135 Å². The lowest BCUT2D eigenvalue weighted by atomic mass is 10.0. The van der Waals surface area contributed by atoms with Crippen molar-refractivity contribution >= 4 is 17.6 Å². The normalized spacial score (nSPS) is 10.2. The number of ether oxygens (including phenoxy) is 2. The first-order chi connectivity index (χ1) is 10.9. The van der Waals surface area contributed by atoms with Crippen LogP contribution in [0, 0.1) is 11.7 Å². The Bertz CT molecular complexity index is 559. The maximum Gasteiger partial charge on any atom is 0.347 e. The summed E-state index contributed by atoms with van der Waals surface area (Å²) in [5.74, 6) is -2.04. The SMILES string of the molecule is CCOC(=O)C(C(=O)OCC)=C(Nc1ccc(F)cc1)C(C)C. The van der Waals surface area contributed by atoms with Crippen molar-refractivity contribution in [1.29, 1.82) is 0 Å². The number of anilines is 1. The Morgan fingerprint density at radius 3 is 1.91 bits per heavy atom. The van der Waals surface area contributed by atoms with Gasteiger partial charge < -0.3 is 14.8 Å². The van der Waals surface area contributed by atoms with E-state index >= 15 is 0 Å². The van der Waals surface area contributed by atoms with Crippen LogP contribution >= 0.6 is 0 Å². The Kier molecular flexibility index (Phi) is 7.25. The highest BCUT2D eigenvalue weighted by atomic mass is 19.1. The molecule has 1 aromatic carbocycles. The molecule has 0 aliphatic rings. The van der Waals surface area contributed by atoms with Crippen LogP contribution in [-0.2, 0) is 19.1 Å². The maximum absolute atomic E-state index is 13.0. The molecule has 0 unspecified atom stereocenters. The van der Waals surface area contributed by atoms with Gasteiger partial charge in [0.05, 0.1) is 13.2 Å². The van der Waals surface area contributed by atoms with Crippen LogP contribution in [0.5, 0.6) is 0 Å². The third-order valence-electron chi connectivity index (χ3n) is 2.93. The molecule has 6 heteroatoms. The van der Waals surface area contributed by atoms with Gasteiger partial charge >= 0.3 is 11.9 Å². The van der Waals surface area contributed by atoms with Crippen LogP contribution in [0.2, 0.25) is 0 Å². The molecule has 126 valence electrons. The molecular formula is C17H22FNO4. The average molecular weight is 323 g/mol. The maximum atomic E-state index is 13.0. The molecule has 5 nitrogen and oxygen atoms in total. The molecule has 1 aromatic rings. The topological polar surface area (TPSA) is 64.6 Å².